The summed E-state index contributed by atoms with van der Waals surface area (Å²) in [5, 5.41) is 13.4. The van der Waals surface area contributed by atoms with Gasteiger partial charge in [-0.3, -0.25) is 9.89 Å². The molecule has 0 radical (unpaired) electrons. The van der Waals surface area contributed by atoms with Crippen LogP contribution in [0.15, 0.2) is 30.5 Å². The molecule has 0 aliphatic carbocycles. The predicted molar refractivity (Wildman–Crippen MR) is 86.1 cm³/mol. The van der Waals surface area contributed by atoms with Crippen LogP contribution in [0.25, 0.3) is 0 Å². The predicted octanol–water partition coefficient (Wildman–Crippen LogP) is 4.33. The van der Waals surface area contributed by atoms with E-state index in [1.165, 1.54) is 0 Å². The van der Waals surface area contributed by atoms with E-state index in [0.29, 0.717) is 22.9 Å². The normalized spacial score (nSPS) is 10.4. The van der Waals surface area contributed by atoms with Crippen molar-refractivity contribution in [3.05, 3.63) is 35.5 Å². The van der Waals surface area contributed by atoms with Crippen molar-refractivity contribution in [2.45, 2.75) is 32.6 Å². The zero-order chi connectivity index (χ0) is 15.1. The molecule has 5 nitrogen and oxygen atoms in total. The maximum atomic E-state index is 11.8. The van der Waals surface area contributed by atoms with E-state index in [4.69, 9.17) is 11.6 Å². The molecule has 1 heterocycles. The molecule has 0 spiro atoms. The largest absolute Gasteiger partial charge is 0.351 e. The van der Waals surface area contributed by atoms with Crippen LogP contribution >= 0.6 is 11.6 Å². The molecule has 0 saturated carbocycles. The average Bonchev–Trinajstić information content (AvgIpc) is 2.86. The maximum absolute atomic E-state index is 11.8. The number of halogens is 1. The van der Waals surface area contributed by atoms with E-state index < -0.39 is 0 Å². The summed E-state index contributed by atoms with van der Waals surface area (Å²) in [4.78, 5) is 11.8. The first-order valence-corrected chi connectivity index (χ1v) is 7.42. The number of nitrogens with zero attached hydrogens (tertiary/aromatic N) is 1. The Balaban J connectivity index is 1.97. The summed E-state index contributed by atoms with van der Waals surface area (Å²) in [6.07, 6.45) is 5.20. The third-order valence-corrected chi connectivity index (χ3v) is 3.25. The van der Waals surface area contributed by atoms with Crippen molar-refractivity contribution in [3.8, 4) is 0 Å². The van der Waals surface area contributed by atoms with E-state index >= 15 is 0 Å². The van der Waals surface area contributed by atoms with Gasteiger partial charge in [0.15, 0.2) is 5.82 Å². The first kappa shape index (κ1) is 15.4. The van der Waals surface area contributed by atoms with Crippen LogP contribution in [-0.2, 0) is 4.79 Å². The monoisotopic (exact) mass is 306 g/mol. The molecule has 0 aliphatic rings. The molecule has 2 rings (SSSR count). The second-order valence-corrected chi connectivity index (χ2v) is 5.24. The molecule has 2 aromatic rings. The number of hydrogen-bond donors (Lipinski definition) is 3. The molecule has 1 aromatic carbocycles. The summed E-state index contributed by atoms with van der Waals surface area (Å²) < 4.78 is 0. The van der Waals surface area contributed by atoms with Crippen LogP contribution in [0.5, 0.6) is 0 Å². The van der Waals surface area contributed by atoms with Crippen LogP contribution in [0, 0.1) is 0 Å². The minimum absolute atomic E-state index is 0.0122. The van der Waals surface area contributed by atoms with Crippen molar-refractivity contribution in [2.24, 2.45) is 0 Å². The Labute approximate surface area is 129 Å². The fourth-order valence-electron chi connectivity index (χ4n) is 1.94. The molecule has 6 heteroatoms. The number of hydrogen-bond acceptors (Lipinski definition) is 3. The lowest BCUT2D eigenvalue weighted by Crippen LogP contribution is -2.12. The minimum atomic E-state index is -0.0122. The molecule has 0 bridgehead atoms. The van der Waals surface area contributed by atoms with E-state index in [1.807, 2.05) is 12.1 Å². The number of anilines is 3. The Kier molecular flexibility index (Phi) is 5.63. The van der Waals surface area contributed by atoms with Crippen molar-refractivity contribution in [3.63, 3.8) is 0 Å². The van der Waals surface area contributed by atoms with Crippen LogP contribution < -0.4 is 10.6 Å². The zero-order valence-electron chi connectivity index (χ0n) is 11.9. The molecule has 0 saturated heterocycles. The van der Waals surface area contributed by atoms with E-state index in [2.05, 4.69) is 27.8 Å². The number of carbonyl (C=O) groups is 1. The van der Waals surface area contributed by atoms with E-state index in [1.54, 1.807) is 18.3 Å². The van der Waals surface area contributed by atoms with Crippen LogP contribution in [0.2, 0.25) is 5.02 Å². The second kappa shape index (κ2) is 7.69. The number of nitrogens with one attached hydrogen (secondary N) is 3. The van der Waals surface area contributed by atoms with Crippen molar-refractivity contribution in [1.29, 1.82) is 0 Å². The van der Waals surface area contributed by atoms with Gasteiger partial charge in [-0.15, -0.1) is 0 Å². The van der Waals surface area contributed by atoms with Gasteiger partial charge in [-0.1, -0.05) is 37.4 Å². The van der Waals surface area contributed by atoms with Gasteiger partial charge in [-0.25, -0.2) is 0 Å². The Hall–Kier alpha value is -2.01. The van der Waals surface area contributed by atoms with Gasteiger partial charge in [-0.05, 0) is 24.6 Å². The summed E-state index contributed by atoms with van der Waals surface area (Å²) in [6.45, 7) is 2.11. The highest BCUT2D eigenvalue weighted by molar-refractivity contribution is 6.30. The average molecular weight is 307 g/mol. The van der Waals surface area contributed by atoms with Gasteiger partial charge in [0, 0.05) is 17.1 Å². The standard InChI is InChI=1S/C15H19ClN4O/c1-2-3-4-8-14(21)19-15-13(10-17-20-15)18-12-7-5-6-11(16)9-12/h5-7,9-10,18H,2-4,8H2,1H3,(H2,17,19,20,21). The number of unbranched alkanes of at least 4 members (excludes halogenated alkanes) is 2. The molecule has 112 valence electrons. The Bertz CT molecular complexity index is 597. The Morgan fingerprint density at radius 2 is 2.24 bits per heavy atom. The van der Waals surface area contributed by atoms with E-state index in [0.717, 1.165) is 24.9 Å². The fourth-order valence-corrected chi connectivity index (χ4v) is 2.13. The summed E-state index contributed by atoms with van der Waals surface area (Å²) in [6, 6.07) is 7.36. The molecule has 3 N–H and O–H groups in total. The Morgan fingerprint density at radius 3 is 3.00 bits per heavy atom. The summed E-state index contributed by atoms with van der Waals surface area (Å²) in [5.41, 5.74) is 1.55. The number of aromatic amines is 1. The fraction of sp³-hybridized carbons (Fsp3) is 0.333. The van der Waals surface area contributed by atoms with Crippen molar-refractivity contribution >= 4 is 34.7 Å². The lowest BCUT2D eigenvalue weighted by Gasteiger charge is -2.08. The van der Waals surface area contributed by atoms with Crippen LogP contribution in [0.4, 0.5) is 17.2 Å². The van der Waals surface area contributed by atoms with Crippen molar-refractivity contribution < 1.29 is 4.79 Å². The maximum Gasteiger partial charge on any atom is 0.225 e. The lowest BCUT2D eigenvalue weighted by molar-refractivity contribution is -0.116. The Morgan fingerprint density at radius 1 is 1.38 bits per heavy atom. The van der Waals surface area contributed by atoms with Gasteiger partial charge in [0.25, 0.3) is 0 Å². The van der Waals surface area contributed by atoms with Gasteiger partial charge in [0.05, 0.1) is 6.20 Å². The molecule has 0 fully saturated rings. The number of H-pyrrole nitrogens is 1. The second-order valence-electron chi connectivity index (χ2n) is 4.80. The molecule has 21 heavy (non-hydrogen) atoms. The number of aromatic nitrogens is 2. The van der Waals surface area contributed by atoms with Crippen molar-refractivity contribution in [1.82, 2.24) is 10.2 Å². The highest BCUT2D eigenvalue weighted by Crippen LogP contribution is 2.24. The third kappa shape index (κ3) is 4.79. The first-order chi connectivity index (χ1) is 10.2. The SMILES string of the molecule is CCCCCC(=O)Nc1[nH]ncc1Nc1cccc(Cl)c1. The zero-order valence-corrected chi connectivity index (χ0v) is 12.7. The quantitative estimate of drug-likeness (QED) is 0.667. The molecule has 1 aromatic heterocycles. The molecular weight excluding hydrogens is 288 g/mol. The first-order valence-electron chi connectivity index (χ1n) is 7.05. The molecular formula is C15H19ClN4O. The van der Waals surface area contributed by atoms with E-state index in [9.17, 15) is 4.79 Å². The van der Waals surface area contributed by atoms with Crippen LogP contribution in [0.3, 0.4) is 0 Å². The summed E-state index contributed by atoms with van der Waals surface area (Å²) in [7, 11) is 0. The third-order valence-electron chi connectivity index (χ3n) is 3.01. The van der Waals surface area contributed by atoms with Crippen molar-refractivity contribution in [2.75, 3.05) is 10.6 Å². The van der Waals surface area contributed by atoms with Crippen LogP contribution in [-0.4, -0.2) is 16.1 Å². The number of amides is 1. The number of rotatable bonds is 7. The number of carbonyl (C=O) groups excluding carboxylic acids is 1. The van der Waals surface area contributed by atoms with Gasteiger partial charge >= 0.3 is 0 Å². The smallest absolute Gasteiger partial charge is 0.225 e. The summed E-state index contributed by atoms with van der Waals surface area (Å²) in [5.74, 6) is 0.554. The number of benzene rings is 1. The summed E-state index contributed by atoms with van der Waals surface area (Å²) >= 11 is 5.95. The molecule has 0 aliphatic heterocycles. The molecule has 0 unspecified atom stereocenters. The highest BCUT2D eigenvalue weighted by atomic mass is 35.5. The van der Waals surface area contributed by atoms with Gasteiger partial charge in [0.1, 0.15) is 5.69 Å². The molecule has 1 amide bonds. The van der Waals surface area contributed by atoms with Gasteiger partial charge in [0.2, 0.25) is 5.91 Å². The van der Waals surface area contributed by atoms with Crippen LogP contribution in [0.1, 0.15) is 32.6 Å². The van der Waals surface area contributed by atoms with Gasteiger partial charge < -0.3 is 10.6 Å². The highest BCUT2D eigenvalue weighted by Gasteiger charge is 2.09. The van der Waals surface area contributed by atoms with E-state index in [-0.39, 0.29) is 5.91 Å². The molecule has 0 atom stereocenters. The lowest BCUT2D eigenvalue weighted by atomic mass is 10.2. The minimum Gasteiger partial charge on any atom is -0.351 e. The topological polar surface area (TPSA) is 69.8 Å². The van der Waals surface area contributed by atoms with Gasteiger partial charge in [-0.2, -0.15) is 5.10 Å².